The first-order chi connectivity index (χ1) is 9.20. The molecule has 1 N–H and O–H groups in total. The van der Waals surface area contributed by atoms with Crippen molar-refractivity contribution in [1.82, 2.24) is 15.0 Å². The highest BCUT2D eigenvalue weighted by Crippen LogP contribution is 2.29. The van der Waals surface area contributed by atoms with Crippen LogP contribution in [-0.4, -0.2) is 27.5 Å². The van der Waals surface area contributed by atoms with E-state index in [0.29, 0.717) is 23.0 Å². The third-order valence-corrected chi connectivity index (χ3v) is 3.10. The first-order valence-corrected chi connectivity index (χ1v) is 6.17. The molecular weight excluding hydrogens is 266 g/mol. The summed E-state index contributed by atoms with van der Waals surface area (Å²) in [6, 6.07) is 3.49. The third-order valence-electron chi connectivity index (χ3n) is 2.83. The Morgan fingerprint density at radius 2 is 2.32 bits per heavy atom. The van der Waals surface area contributed by atoms with Crippen molar-refractivity contribution in [2.45, 2.75) is 6.92 Å². The zero-order chi connectivity index (χ0) is 13.4. The van der Waals surface area contributed by atoms with Gasteiger partial charge in [0, 0.05) is 23.2 Å². The molecule has 0 amide bonds. The minimum absolute atomic E-state index is 0.322. The summed E-state index contributed by atoms with van der Waals surface area (Å²) in [5.41, 5.74) is 1.71. The van der Waals surface area contributed by atoms with Crippen molar-refractivity contribution in [3.8, 4) is 0 Å². The van der Waals surface area contributed by atoms with E-state index >= 15 is 0 Å². The predicted molar refractivity (Wildman–Crippen MR) is 72.4 cm³/mol. The Kier molecular flexibility index (Phi) is 2.83. The van der Waals surface area contributed by atoms with Crippen molar-refractivity contribution >= 4 is 39.4 Å². The van der Waals surface area contributed by atoms with Crippen LogP contribution < -0.4 is 0 Å². The van der Waals surface area contributed by atoms with Crippen LogP contribution in [0.2, 0.25) is 5.15 Å². The molecule has 0 aliphatic heterocycles. The molecule has 6 heteroatoms. The number of H-pyrrole nitrogens is 1. The van der Waals surface area contributed by atoms with Gasteiger partial charge in [0.15, 0.2) is 5.15 Å². The Bertz CT molecular complexity index is 782. The number of rotatable bonds is 2. The first-order valence-electron chi connectivity index (χ1n) is 5.79. The molecule has 0 aliphatic rings. The Morgan fingerprint density at radius 3 is 3.11 bits per heavy atom. The lowest BCUT2D eigenvalue weighted by atomic mass is 10.2. The van der Waals surface area contributed by atoms with Crippen LogP contribution in [0.15, 0.2) is 24.5 Å². The molecule has 3 heterocycles. The van der Waals surface area contributed by atoms with Crippen molar-refractivity contribution in [1.29, 1.82) is 0 Å². The van der Waals surface area contributed by atoms with E-state index in [4.69, 9.17) is 16.3 Å². The molecular formula is C13H10ClN3O2. The quantitative estimate of drug-likeness (QED) is 0.577. The lowest BCUT2D eigenvalue weighted by Crippen LogP contribution is -2.04. The van der Waals surface area contributed by atoms with Gasteiger partial charge >= 0.3 is 5.97 Å². The smallest absolute Gasteiger partial charge is 0.354 e. The van der Waals surface area contributed by atoms with Crippen LogP contribution in [-0.2, 0) is 4.74 Å². The fourth-order valence-corrected chi connectivity index (χ4v) is 2.24. The highest BCUT2D eigenvalue weighted by atomic mass is 35.5. The standard InChI is InChI=1S/C13H10ClN3O2/c1-2-19-13(18)10-5-7-8-6-15-4-3-9(8)17-12(14)11(7)16-10/h3-6,16H,2H2,1H3. The molecule has 0 saturated carbocycles. The third kappa shape index (κ3) is 1.92. The topological polar surface area (TPSA) is 67.9 Å². The maximum atomic E-state index is 11.7. The molecule has 3 aromatic heterocycles. The molecule has 0 aliphatic carbocycles. The van der Waals surface area contributed by atoms with Crippen LogP contribution in [0.5, 0.6) is 0 Å². The van der Waals surface area contributed by atoms with Crippen molar-refractivity contribution in [3.63, 3.8) is 0 Å². The van der Waals surface area contributed by atoms with Gasteiger partial charge in [-0.1, -0.05) is 11.6 Å². The summed E-state index contributed by atoms with van der Waals surface area (Å²) >= 11 is 6.12. The van der Waals surface area contributed by atoms with Gasteiger partial charge in [0.25, 0.3) is 0 Å². The van der Waals surface area contributed by atoms with Gasteiger partial charge in [-0.3, -0.25) is 4.98 Å². The summed E-state index contributed by atoms with van der Waals surface area (Å²) in [4.78, 5) is 23.0. The van der Waals surface area contributed by atoms with E-state index in [1.165, 1.54) is 0 Å². The van der Waals surface area contributed by atoms with Crippen LogP contribution in [0.1, 0.15) is 17.4 Å². The molecule has 3 rings (SSSR count). The minimum Gasteiger partial charge on any atom is -0.461 e. The normalized spacial score (nSPS) is 11.1. The molecule has 0 fully saturated rings. The number of aromatic nitrogens is 3. The SMILES string of the molecule is CCOC(=O)c1cc2c([nH]1)c(Cl)nc1ccncc12. The van der Waals surface area contributed by atoms with E-state index in [2.05, 4.69) is 15.0 Å². The van der Waals surface area contributed by atoms with E-state index in [-0.39, 0.29) is 0 Å². The summed E-state index contributed by atoms with van der Waals surface area (Å²) in [6.45, 7) is 2.08. The van der Waals surface area contributed by atoms with E-state index in [0.717, 1.165) is 16.3 Å². The Hall–Kier alpha value is -2.14. The number of fused-ring (bicyclic) bond motifs is 3. The van der Waals surface area contributed by atoms with E-state index in [1.807, 2.05) is 0 Å². The molecule has 96 valence electrons. The monoisotopic (exact) mass is 275 g/mol. The summed E-state index contributed by atoms with van der Waals surface area (Å²) in [7, 11) is 0. The van der Waals surface area contributed by atoms with Crippen LogP contribution in [0.4, 0.5) is 0 Å². The van der Waals surface area contributed by atoms with Crippen LogP contribution in [0.3, 0.4) is 0 Å². The summed E-state index contributed by atoms with van der Waals surface area (Å²) in [6.07, 6.45) is 3.35. The lowest BCUT2D eigenvalue weighted by molar-refractivity contribution is 0.0520. The number of hydrogen-bond acceptors (Lipinski definition) is 4. The van der Waals surface area contributed by atoms with Gasteiger partial charge in [0.2, 0.25) is 0 Å². The van der Waals surface area contributed by atoms with Crippen molar-refractivity contribution in [2.24, 2.45) is 0 Å². The number of nitrogens with one attached hydrogen (secondary N) is 1. The largest absolute Gasteiger partial charge is 0.461 e. The number of ether oxygens (including phenoxy) is 1. The molecule has 19 heavy (non-hydrogen) atoms. The Morgan fingerprint density at radius 1 is 1.47 bits per heavy atom. The van der Waals surface area contributed by atoms with Crippen molar-refractivity contribution < 1.29 is 9.53 Å². The number of aromatic amines is 1. The van der Waals surface area contributed by atoms with Gasteiger partial charge in [-0.15, -0.1) is 0 Å². The number of esters is 1. The molecule has 0 saturated heterocycles. The molecule has 0 atom stereocenters. The second kappa shape index (κ2) is 4.51. The van der Waals surface area contributed by atoms with Gasteiger partial charge in [0.05, 0.1) is 17.6 Å². The fourth-order valence-electron chi connectivity index (χ4n) is 2.00. The first kappa shape index (κ1) is 11.9. The molecule has 0 spiro atoms. The number of pyridine rings is 2. The lowest BCUT2D eigenvalue weighted by Gasteiger charge is -1.99. The maximum Gasteiger partial charge on any atom is 0.354 e. The molecule has 5 nitrogen and oxygen atoms in total. The average Bonchev–Trinajstić information content (AvgIpc) is 2.85. The van der Waals surface area contributed by atoms with Gasteiger partial charge < -0.3 is 9.72 Å². The number of carbonyl (C=O) groups excluding carboxylic acids is 1. The number of nitrogens with zero attached hydrogens (tertiary/aromatic N) is 2. The minimum atomic E-state index is -0.410. The average molecular weight is 276 g/mol. The van der Waals surface area contributed by atoms with Gasteiger partial charge in [0.1, 0.15) is 5.69 Å². The zero-order valence-electron chi connectivity index (χ0n) is 10.1. The number of carbonyl (C=O) groups is 1. The highest BCUT2D eigenvalue weighted by Gasteiger charge is 2.15. The summed E-state index contributed by atoms with van der Waals surface area (Å²) in [5, 5.41) is 1.98. The predicted octanol–water partition coefficient (Wildman–Crippen LogP) is 2.94. The van der Waals surface area contributed by atoms with Gasteiger partial charge in [-0.05, 0) is 19.1 Å². The van der Waals surface area contributed by atoms with Crippen molar-refractivity contribution in [2.75, 3.05) is 6.61 Å². The second-order valence-electron chi connectivity index (χ2n) is 3.99. The molecule has 3 aromatic rings. The summed E-state index contributed by atoms with van der Waals surface area (Å²) in [5.74, 6) is -0.410. The molecule has 0 bridgehead atoms. The summed E-state index contributed by atoms with van der Waals surface area (Å²) < 4.78 is 4.96. The van der Waals surface area contributed by atoms with E-state index in [1.54, 1.807) is 31.5 Å². The van der Waals surface area contributed by atoms with Gasteiger partial charge in [-0.25, -0.2) is 9.78 Å². The van der Waals surface area contributed by atoms with Crippen LogP contribution in [0, 0.1) is 0 Å². The zero-order valence-corrected chi connectivity index (χ0v) is 10.9. The molecule has 0 unspecified atom stereocenters. The fraction of sp³-hybridized carbons (Fsp3) is 0.154. The van der Waals surface area contributed by atoms with E-state index < -0.39 is 5.97 Å². The Labute approximate surface area is 113 Å². The highest BCUT2D eigenvalue weighted by molar-refractivity contribution is 6.35. The van der Waals surface area contributed by atoms with Crippen LogP contribution in [0.25, 0.3) is 21.8 Å². The molecule has 0 radical (unpaired) electrons. The molecule has 0 aromatic carbocycles. The van der Waals surface area contributed by atoms with Gasteiger partial charge in [-0.2, -0.15) is 0 Å². The van der Waals surface area contributed by atoms with Crippen LogP contribution >= 0.6 is 11.6 Å². The maximum absolute atomic E-state index is 11.7. The second-order valence-corrected chi connectivity index (χ2v) is 4.35. The number of halogens is 1. The van der Waals surface area contributed by atoms with E-state index in [9.17, 15) is 4.79 Å². The number of hydrogen-bond donors (Lipinski definition) is 1. The Balaban J connectivity index is 2.29. The van der Waals surface area contributed by atoms with Crippen molar-refractivity contribution in [3.05, 3.63) is 35.4 Å².